The Morgan fingerprint density at radius 3 is 3.23 bits per heavy atom. The van der Waals surface area contributed by atoms with Crippen molar-refractivity contribution in [2.45, 2.75) is 19.0 Å². The Morgan fingerprint density at radius 1 is 1.77 bits per heavy atom. The van der Waals surface area contributed by atoms with E-state index in [2.05, 4.69) is 10.2 Å². The normalized spacial score (nSPS) is 19.9. The molecule has 0 aromatic carbocycles. The fraction of sp³-hybridized carbons (Fsp3) is 0.750. The van der Waals surface area contributed by atoms with E-state index in [1.54, 1.807) is 0 Å². The Balaban J connectivity index is 1.63. The quantitative estimate of drug-likeness (QED) is 0.692. The highest BCUT2D eigenvalue weighted by molar-refractivity contribution is 4.80. The van der Waals surface area contributed by atoms with Gasteiger partial charge in [-0.2, -0.15) is 0 Å². The van der Waals surface area contributed by atoms with Crippen LogP contribution in [0.1, 0.15) is 13.7 Å². The third-order valence-electron chi connectivity index (χ3n) is 2.14. The number of hydrogen-bond donors (Lipinski definition) is 0. The molecule has 2 rings (SSSR count). The van der Waals surface area contributed by atoms with Crippen LogP contribution in [0.5, 0.6) is 0 Å². The molecule has 13 heavy (non-hydrogen) atoms. The predicted molar refractivity (Wildman–Crippen MR) is 44.0 cm³/mol. The SMILES string of the molecule is [2H]c1nnc(CCCN2CC(F)C2)o1. The van der Waals surface area contributed by atoms with Gasteiger partial charge >= 0.3 is 0 Å². The van der Waals surface area contributed by atoms with Crippen LogP contribution in [0.2, 0.25) is 0 Å². The molecule has 1 fully saturated rings. The van der Waals surface area contributed by atoms with Gasteiger partial charge in [0.2, 0.25) is 12.3 Å². The average molecular weight is 186 g/mol. The van der Waals surface area contributed by atoms with Crippen LogP contribution in [0.3, 0.4) is 0 Å². The monoisotopic (exact) mass is 186 g/mol. The molecule has 0 aliphatic carbocycles. The first-order valence-electron chi connectivity index (χ1n) is 4.89. The molecular formula is C8H12FN3O. The van der Waals surface area contributed by atoms with Gasteiger partial charge in [0.25, 0.3) is 0 Å². The molecule has 0 unspecified atom stereocenters. The minimum Gasteiger partial charge on any atom is -0.428 e. The second kappa shape index (κ2) is 3.83. The highest BCUT2D eigenvalue weighted by Gasteiger charge is 2.25. The standard InChI is InChI=1S/C8H12FN3O/c9-7-4-12(5-7)3-1-2-8-11-10-6-13-8/h6-7H,1-5H2/i6D. The van der Waals surface area contributed by atoms with Crippen molar-refractivity contribution in [1.82, 2.24) is 15.1 Å². The molecule has 0 amide bonds. The highest BCUT2D eigenvalue weighted by atomic mass is 19.1. The number of halogens is 1. The van der Waals surface area contributed by atoms with Gasteiger partial charge in [-0.3, -0.25) is 4.90 Å². The van der Waals surface area contributed by atoms with Gasteiger partial charge in [0.1, 0.15) is 7.54 Å². The van der Waals surface area contributed by atoms with Crippen molar-refractivity contribution < 1.29 is 10.2 Å². The lowest BCUT2D eigenvalue weighted by atomic mass is 10.1. The van der Waals surface area contributed by atoms with Gasteiger partial charge < -0.3 is 4.42 Å². The van der Waals surface area contributed by atoms with E-state index in [0.29, 0.717) is 25.4 Å². The molecule has 72 valence electrons. The second-order valence-electron chi connectivity index (χ2n) is 3.25. The minimum absolute atomic E-state index is 0.146. The number of aromatic nitrogens is 2. The summed E-state index contributed by atoms with van der Waals surface area (Å²) in [5.41, 5.74) is 0. The maximum absolute atomic E-state index is 12.4. The molecule has 0 bridgehead atoms. The van der Waals surface area contributed by atoms with Gasteiger partial charge in [-0.1, -0.05) is 0 Å². The smallest absolute Gasteiger partial charge is 0.216 e. The molecule has 1 aromatic heterocycles. The number of likely N-dealkylation sites (tertiary alicyclic amines) is 1. The van der Waals surface area contributed by atoms with E-state index in [0.717, 1.165) is 13.0 Å². The highest BCUT2D eigenvalue weighted by Crippen LogP contribution is 2.11. The van der Waals surface area contributed by atoms with Crippen LogP contribution in [-0.2, 0) is 6.42 Å². The average Bonchev–Trinajstić information content (AvgIpc) is 2.48. The molecule has 1 aromatic rings. The van der Waals surface area contributed by atoms with Crippen molar-refractivity contribution in [3.8, 4) is 0 Å². The maximum atomic E-state index is 12.4. The molecule has 0 atom stereocenters. The van der Waals surface area contributed by atoms with Crippen LogP contribution in [-0.4, -0.2) is 40.9 Å². The molecule has 0 spiro atoms. The second-order valence-corrected chi connectivity index (χ2v) is 3.25. The van der Waals surface area contributed by atoms with Crippen molar-refractivity contribution in [3.63, 3.8) is 0 Å². The van der Waals surface area contributed by atoms with Crippen LogP contribution >= 0.6 is 0 Å². The molecule has 1 aliphatic heterocycles. The van der Waals surface area contributed by atoms with E-state index < -0.39 is 6.17 Å². The van der Waals surface area contributed by atoms with Gasteiger partial charge in [0, 0.05) is 19.5 Å². The molecule has 4 nitrogen and oxygen atoms in total. The van der Waals surface area contributed by atoms with Crippen molar-refractivity contribution in [3.05, 3.63) is 12.3 Å². The Kier molecular flexibility index (Phi) is 2.19. The number of hydrogen-bond acceptors (Lipinski definition) is 4. The molecule has 1 saturated heterocycles. The summed E-state index contributed by atoms with van der Waals surface area (Å²) in [6.45, 7) is 1.96. The van der Waals surface area contributed by atoms with Crippen molar-refractivity contribution in [2.75, 3.05) is 19.6 Å². The summed E-state index contributed by atoms with van der Waals surface area (Å²) in [6.07, 6.45) is 0.749. The largest absolute Gasteiger partial charge is 0.428 e. The van der Waals surface area contributed by atoms with Crippen LogP contribution in [0.15, 0.2) is 10.8 Å². The summed E-state index contributed by atoms with van der Waals surface area (Å²) in [5.74, 6) is 0.493. The number of rotatable bonds is 4. The third kappa shape index (κ3) is 2.24. The number of alkyl halides is 1. The summed E-state index contributed by atoms with van der Waals surface area (Å²) < 4.78 is 24.3. The predicted octanol–water partition coefficient (Wildman–Crippen LogP) is 0.656. The van der Waals surface area contributed by atoms with Crippen LogP contribution < -0.4 is 0 Å². The zero-order chi connectivity index (χ0) is 9.97. The van der Waals surface area contributed by atoms with E-state index in [1.165, 1.54) is 0 Å². The van der Waals surface area contributed by atoms with Crippen LogP contribution in [0.4, 0.5) is 4.39 Å². The Labute approximate surface area is 77.1 Å². The molecular weight excluding hydrogens is 173 g/mol. The van der Waals surface area contributed by atoms with E-state index in [9.17, 15) is 4.39 Å². The van der Waals surface area contributed by atoms with Crippen molar-refractivity contribution in [1.29, 1.82) is 0 Å². The first-order valence-corrected chi connectivity index (χ1v) is 4.39. The van der Waals surface area contributed by atoms with Gasteiger partial charge in [0.05, 0.1) is 0 Å². The van der Waals surface area contributed by atoms with E-state index in [4.69, 9.17) is 5.79 Å². The first-order chi connectivity index (χ1) is 6.74. The lowest BCUT2D eigenvalue weighted by Crippen LogP contribution is -2.48. The van der Waals surface area contributed by atoms with E-state index in [-0.39, 0.29) is 6.37 Å². The molecule has 0 N–H and O–H groups in total. The summed E-state index contributed by atoms with van der Waals surface area (Å²) >= 11 is 0. The van der Waals surface area contributed by atoms with Crippen LogP contribution in [0.25, 0.3) is 0 Å². The van der Waals surface area contributed by atoms with Crippen molar-refractivity contribution >= 4 is 0 Å². The molecule has 1 aliphatic rings. The lowest BCUT2D eigenvalue weighted by molar-refractivity contribution is 0.0646. The molecule has 2 heterocycles. The summed E-state index contributed by atoms with van der Waals surface area (Å²) in [7, 11) is 0. The fourth-order valence-corrected chi connectivity index (χ4v) is 1.41. The Bertz CT molecular complexity index is 301. The first kappa shape index (κ1) is 7.44. The minimum atomic E-state index is -0.641. The van der Waals surface area contributed by atoms with Crippen LogP contribution in [0, 0.1) is 0 Å². The van der Waals surface area contributed by atoms with E-state index >= 15 is 0 Å². The Morgan fingerprint density at radius 2 is 2.62 bits per heavy atom. The van der Waals surface area contributed by atoms with Gasteiger partial charge in [0.15, 0.2) is 0 Å². The number of nitrogens with zero attached hydrogens (tertiary/aromatic N) is 3. The molecule has 0 saturated carbocycles. The molecule has 5 heteroatoms. The van der Waals surface area contributed by atoms with Gasteiger partial charge in [-0.05, 0) is 13.0 Å². The van der Waals surface area contributed by atoms with Crippen molar-refractivity contribution in [2.24, 2.45) is 0 Å². The maximum Gasteiger partial charge on any atom is 0.216 e. The fourth-order valence-electron chi connectivity index (χ4n) is 1.41. The third-order valence-corrected chi connectivity index (χ3v) is 2.14. The van der Waals surface area contributed by atoms with Gasteiger partial charge in [-0.25, -0.2) is 4.39 Å². The zero-order valence-corrected chi connectivity index (χ0v) is 7.24. The van der Waals surface area contributed by atoms with Gasteiger partial charge in [-0.15, -0.1) is 10.2 Å². The topological polar surface area (TPSA) is 42.2 Å². The summed E-state index contributed by atoms with van der Waals surface area (Å²) in [6, 6.07) is 0. The molecule has 0 radical (unpaired) electrons. The number of aryl methyl sites for hydroxylation is 1. The summed E-state index contributed by atoms with van der Waals surface area (Å²) in [4.78, 5) is 2.04. The summed E-state index contributed by atoms with van der Waals surface area (Å²) in [5, 5.41) is 7.11. The zero-order valence-electron chi connectivity index (χ0n) is 8.24. The van der Waals surface area contributed by atoms with E-state index in [1.807, 2.05) is 4.90 Å². The Hall–Kier alpha value is -0.970. The lowest BCUT2D eigenvalue weighted by Gasteiger charge is -2.33.